The number of anilines is 1. The molecule has 4 heterocycles. The number of carboxylic acids is 1. The molecule has 8 rings (SSSR count). The van der Waals surface area contributed by atoms with Crippen molar-refractivity contribution < 1.29 is 43.2 Å². The lowest BCUT2D eigenvalue weighted by Gasteiger charge is -2.35. The zero-order valence-corrected chi connectivity index (χ0v) is 37.1. The summed E-state index contributed by atoms with van der Waals surface area (Å²) in [6.45, 7) is 16.3. The van der Waals surface area contributed by atoms with Crippen LogP contribution in [0.2, 0.25) is 0 Å². The number of Topliss-reactive ketones (excluding diaryl/α,β-unsaturated/α-hetero) is 1. The van der Waals surface area contributed by atoms with E-state index in [1.807, 2.05) is 78.1 Å². The maximum atomic E-state index is 14.9. The van der Waals surface area contributed by atoms with Crippen molar-refractivity contribution in [2.75, 3.05) is 51.3 Å². The van der Waals surface area contributed by atoms with Crippen LogP contribution in [0.15, 0.2) is 36.5 Å². The molecule has 1 unspecified atom stereocenters. The zero-order valence-electron chi connectivity index (χ0n) is 37.1. The van der Waals surface area contributed by atoms with Crippen LogP contribution < -0.4 is 14.8 Å². The van der Waals surface area contributed by atoms with E-state index in [9.17, 15) is 24.3 Å². The lowest BCUT2D eigenvalue weighted by atomic mass is 9.77. The molecule has 1 aromatic carbocycles. The number of esters is 1. The number of morpholine rings is 1. The van der Waals surface area contributed by atoms with Gasteiger partial charge in [0.25, 0.3) is 0 Å². The number of hydrogen-bond donors (Lipinski definition) is 2. The Hall–Kier alpha value is -4.76. The van der Waals surface area contributed by atoms with Crippen molar-refractivity contribution in [1.82, 2.24) is 24.6 Å². The van der Waals surface area contributed by atoms with E-state index in [2.05, 4.69) is 10.2 Å². The maximum absolute atomic E-state index is 14.9. The summed E-state index contributed by atoms with van der Waals surface area (Å²) < 4.78 is 26.1. The maximum Gasteiger partial charge on any atom is 0.310 e. The van der Waals surface area contributed by atoms with Gasteiger partial charge < -0.3 is 34.3 Å². The summed E-state index contributed by atoms with van der Waals surface area (Å²) in [5, 5.41) is 19.1. The third-order valence-electron chi connectivity index (χ3n) is 13.8. The first-order valence-electron chi connectivity index (χ1n) is 22.7. The van der Waals surface area contributed by atoms with Crippen molar-refractivity contribution in [3.05, 3.63) is 36.5 Å². The average Bonchev–Trinajstić information content (AvgIpc) is 3.89. The van der Waals surface area contributed by atoms with Crippen molar-refractivity contribution in [2.24, 2.45) is 34.5 Å². The summed E-state index contributed by atoms with van der Waals surface area (Å²) in [6, 6.07) is 8.60. The van der Waals surface area contributed by atoms with Crippen LogP contribution >= 0.6 is 0 Å². The SMILES string of the molecule is CC[C@@H]1C[C@]1(CC(=O)[C@@H]1C[C@@H](Oc2cc(-n3ccc(NC(C)C)n3)nc3cc(OCCN4CCOCC4)ccc23)CN1C(=O)[C@@H](CC(=O)OC1C[C@@H]2C[C@@H]2C1)C(C)(C)C)C(=O)O. The lowest BCUT2D eigenvalue weighted by Crippen LogP contribution is -2.48. The number of benzene rings is 1. The Morgan fingerprint density at radius 2 is 1.77 bits per heavy atom. The number of hydrogen-bond acceptors (Lipinski definition) is 12. The number of ketones is 1. The van der Waals surface area contributed by atoms with E-state index < -0.39 is 40.8 Å². The first kappa shape index (κ1) is 43.9. The second kappa shape index (κ2) is 17.8. The van der Waals surface area contributed by atoms with Crippen LogP contribution in [0.3, 0.4) is 0 Å². The molecule has 2 saturated heterocycles. The number of amides is 1. The number of fused-ring (bicyclic) bond motifs is 2. The van der Waals surface area contributed by atoms with Gasteiger partial charge in [-0.3, -0.25) is 24.1 Å². The smallest absolute Gasteiger partial charge is 0.310 e. The van der Waals surface area contributed by atoms with Gasteiger partial charge in [-0.25, -0.2) is 9.67 Å². The number of carbonyl (C=O) groups is 4. The highest BCUT2D eigenvalue weighted by Gasteiger charge is 2.61. The predicted octanol–water partition coefficient (Wildman–Crippen LogP) is 6.15. The van der Waals surface area contributed by atoms with Gasteiger partial charge in [-0.1, -0.05) is 34.1 Å². The number of aromatic nitrogens is 3. The molecule has 0 spiro atoms. The second-order valence-electron chi connectivity index (χ2n) is 19.8. The van der Waals surface area contributed by atoms with Crippen LogP contribution in [0.25, 0.3) is 16.7 Å². The fraction of sp³-hybridized carbons (Fsp3) is 0.660. The summed E-state index contributed by atoms with van der Waals surface area (Å²) in [5.41, 5.74) is -1.17. The van der Waals surface area contributed by atoms with E-state index in [0.29, 0.717) is 78.5 Å². The van der Waals surface area contributed by atoms with E-state index in [0.717, 1.165) is 32.5 Å². The number of carbonyl (C=O) groups excluding carboxylic acids is 3. The molecule has 5 aliphatic rings. The van der Waals surface area contributed by atoms with Crippen LogP contribution in [-0.4, -0.2) is 124 Å². The molecule has 15 heteroatoms. The van der Waals surface area contributed by atoms with E-state index >= 15 is 0 Å². The second-order valence-corrected chi connectivity index (χ2v) is 19.8. The minimum absolute atomic E-state index is 0.0756. The number of aliphatic carboxylic acids is 1. The molecule has 0 radical (unpaired) electrons. The Morgan fingerprint density at radius 1 is 1.02 bits per heavy atom. The number of pyridine rings is 1. The number of nitrogens with zero attached hydrogens (tertiary/aromatic N) is 5. The van der Waals surface area contributed by atoms with Crippen molar-refractivity contribution in [1.29, 1.82) is 0 Å². The molecule has 2 aliphatic heterocycles. The normalized spacial score (nSPS) is 27.5. The standard InChI is InChI=1S/C47H64N6O9/c1-7-31-25-47(31,45(57)58)26-39(54)38-22-34(27-52(38)44(56)36(46(4,5)6)23-43(55)62-33-19-29-18-30(29)20-33)61-40-24-42(53-11-10-41(50-53)48-28(2)3)49-37-21-32(8-9-35(37)40)60-17-14-51-12-15-59-16-13-51/h8-11,21,24,28-31,33-34,36,38H,7,12-20,22-23,25-27H2,1-6H3,(H,48,50)(H,57,58)/t29-,30+,31-,33?,34-,36-,38+,47-/m1/s1. The van der Waals surface area contributed by atoms with E-state index in [1.54, 1.807) is 9.58 Å². The molecule has 62 heavy (non-hydrogen) atoms. The zero-order chi connectivity index (χ0) is 43.9. The highest BCUT2D eigenvalue weighted by molar-refractivity contribution is 5.95. The van der Waals surface area contributed by atoms with E-state index in [4.69, 9.17) is 29.0 Å². The van der Waals surface area contributed by atoms with Crippen LogP contribution in [0, 0.1) is 34.5 Å². The van der Waals surface area contributed by atoms with Crippen molar-refractivity contribution in [3.8, 4) is 17.3 Å². The summed E-state index contributed by atoms with van der Waals surface area (Å²) in [6.07, 6.45) is 4.99. The third-order valence-corrected chi connectivity index (χ3v) is 13.8. The highest BCUT2D eigenvalue weighted by Crippen LogP contribution is 2.58. The Balaban J connectivity index is 1.07. The monoisotopic (exact) mass is 856 g/mol. The van der Waals surface area contributed by atoms with Gasteiger partial charge >= 0.3 is 11.9 Å². The van der Waals surface area contributed by atoms with Gasteiger partial charge in [0.2, 0.25) is 5.91 Å². The summed E-state index contributed by atoms with van der Waals surface area (Å²) >= 11 is 0. The Bertz CT molecular complexity index is 2130. The minimum Gasteiger partial charge on any atom is -0.492 e. The van der Waals surface area contributed by atoms with Gasteiger partial charge in [-0.15, -0.1) is 5.10 Å². The van der Waals surface area contributed by atoms with Crippen LogP contribution in [-0.2, 0) is 28.7 Å². The van der Waals surface area contributed by atoms with Gasteiger partial charge in [-0.05, 0) is 74.8 Å². The van der Waals surface area contributed by atoms with E-state index in [1.165, 1.54) is 6.42 Å². The molecule has 5 fully saturated rings. The largest absolute Gasteiger partial charge is 0.492 e. The fourth-order valence-corrected chi connectivity index (χ4v) is 10.0. The molecular formula is C47H64N6O9. The predicted molar refractivity (Wildman–Crippen MR) is 231 cm³/mol. The quantitative estimate of drug-likeness (QED) is 0.140. The topological polar surface area (TPSA) is 175 Å². The number of carboxylic acid groups (broad SMARTS) is 1. The minimum atomic E-state index is -1.14. The Kier molecular flexibility index (Phi) is 12.6. The van der Waals surface area contributed by atoms with Crippen molar-refractivity contribution in [3.63, 3.8) is 0 Å². The Labute approximate surface area is 364 Å². The fourth-order valence-electron chi connectivity index (χ4n) is 10.0. The first-order valence-corrected chi connectivity index (χ1v) is 22.7. The van der Waals surface area contributed by atoms with Gasteiger partial charge in [0.1, 0.15) is 36.1 Å². The number of likely N-dealkylation sites (tertiary alicyclic amines) is 1. The average molecular weight is 857 g/mol. The van der Waals surface area contributed by atoms with Gasteiger partial charge in [0.15, 0.2) is 11.6 Å². The van der Waals surface area contributed by atoms with Crippen molar-refractivity contribution >= 4 is 40.3 Å². The number of nitrogens with one attached hydrogen (secondary N) is 1. The molecule has 3 aromatic rings. The molecule has 2 aromatic heterocycles. The summed E-state index contributed by atoms with van der Waals surface area (Å²) in [5.74, 6) is 0.720. The molecule has 0 bridgehead atoms. The van der Waals surface area contributed by atoms with E-state index in [-0.39, 0.29) is 55.6 Å². The summed E-state index contributed by atoms with van der Waals surface area (Å²) in [7, 11) is 0. The molecular weight excluding hydrogens is 793 g/mol. The van der Waals surface area contributed by atoms with Crippen LogP contribution in [0.4, 0.5) is 5.82 Å². The van der Waals surface area contributed by atoms with Gasteiger partial charge in [-0.2, -0.15) is 0 Å². The summed E-state index contributed by atoms with van der Waals surface area (Å²) in [4.78, 5) is 64.2. The molecule has 3 saturated carbocycles. The third kappa shape index (κ3) is 9.73. The molecule has 3 aliphatic carbocycles. The highest BCUT2D eigenvalue weighted by atomic mass is 16.5. The van der Waals surface area contributed by atoms with Crippen LogP contribution in [0.1, 0.15) is 92.9 Å². The molecule has 8 atom stereocenters. The molecule has 2 N–H and O–H groups in total. The molecule has 15 nitrogen and oxygen atoms in total. The number of ether oxygens (including phenoxy) is 4. The first-order chi connectivity index (χ1) is 29.6. The number of rotatable bonds is 18. The lowest BCUT2D eigenvalue weighted by molar-refractivity contribution is -0.157. The molecule has 1 amide bonds. The Morgan fingerprint density at radius 3 is 2.45 bits per heavy atom. The van der Waals surface area contributed by atoms with Gasteiger partial charge in [0, 0.05) is 68.3 Å². The van der Waals surface area contributed by atoms with Gasteiger partial charge in [0.05, 0.1) is 49.1 Å². The van der Waals surface area contributed by atoms with Crippen LogP contribution in [0.5, 0.6) is 11.5 Å². The molecule has 336 valence electrons. The van der Waals surface area contributed by atoms with Crippen molar-refractivity contribution in [2.45, 2.75) is 117 Å².